The van der Waals surface area contributed by atoms with Crippen LogP contribution < -0.4 is 4.74 Å². The predicted octanol–water partition coefficient (Wildman–Crippen LogP) is 7.25. The number of pyridine rings is 1. The van der Waals surface area contributed by atoms with E-state index in [1.807, 2.05) is 23.5 Å². The lowest BCUT2D eigenvalue weighted by Crippen LogP contribution is -1.99. The summed E-state index contributed by atoms with van der Waals surface area (Å²) >= 11 is 1.89. The summed E-state index contributed by atoms with van der Waals surface area (Å²) < 4.78 is 5.44. The van der Waals surface area contributed by atoms with E-state index in [0.29, 0.717) is 0 Å². The molecule has 2 heterocycles. The van der Waals surface area contributed by atoms with Crippen LogP contribution in [0.2, 0.25) is 0 Å². The van der Waals surface area contributed by atoms with Gasteiger partial charge in [0, 0.05) is 15.8 Å². The van der Waals surface area contributed by atoms with Crippen molar-refractivity contribution in [3.8, 4) is 28.1 Å². The largest absolute Gasteiger partial charge is 0.497 e. The van der Waals surface area contributed by atoms with Crippen LogP contribution in [0.25, 0.3) is 32.6 Å². The van der Waals surface area contributed by atoms with Crippen molar-refractivity contribution in [2.45, 2.75) is 32.6 Å². The van der Waals surface area contributed by atoms with E-state index in [9.17, 15) is 0 Å². The van der Waals surface area contributed by atoms with Gasteiger partial charge in [-0.05, 0) is 67.5 Å². The second kappa shape index (κ2) is 8.17. The highest BCUT2D eigenvalue weighted by Crippen LogP contribution is 2.42. The summed E-state index contributed by atoms with van der Waals surface area (Å²) in [5, 5.41) is 1.37. The van der Waals surface area contributed by atoms with E-state index in [-0.39, 0.29) is 12.4 Å². The number of rotatable bonds is 3. The third-order valence-electron chi connectivity index (χ3n) is 5.62. The number of ether oxygens (including phenoxy) is 1. The summed E-state index contributed by atoms with van der Waals surface area (Å²) in [7, 11) is 1.71. The molecule has 0 atom stereocenters. The summed E-state index contributed by atoms with van der Waals surface area (Å²) in [6.07, 6.45) is 4.94. The van der Waals surface area contributed by atoms with Gasteiger partial charge in [0.15, 0.2) is 0 Å². The summed E-state index contributed by atoms with van der Waals surface area (Å²) in [6.45, 7) is 2.16. The summed E-state index contributed by atoms with van der Waals surface area (Å²) in [6, 6.07) is 19.3. The molecule has 4 heteroatoms. The normalized spacial score (nSPS) is 13.0. The van der Waals surface area contributed by atoms with Gasteiger partial charge in [-0.15, -0.1) is 23.7 Å². The molecular weight excluding hydrogens is 398 g/mol. The zero-order valence-electron chi connectivity index (χ0n) is 16.7. The zero-order valence-corrected chi connectivity index (χ0v) is 18.3. The van der Waals surface area contributed by atoms with E-state index < -0.39 is 0 Å². The number of hydrogen-bond donors (Lipinski definition) is 0. The number of thiophene rings is 1. The summed E-state index contributed by atoms with van der Waals surface area (Å²) in [5.74, 6) is 0.863. The SMILES string of the molecule is COc1cccc(-c2cc(-c3cccc(C)c3)c3c4c(sc3n2)CCCC4)c1.Cl. The second-order valence-corrected chi connectivity index (χ2v) is 8.63. The zero-order chi connectivity index (χ0) is 19.1. The minimum absolute atomic E-state index is 0. The van der Waals surface area contributed by atoms with Gasteiger partial charge in [-0.1, -0.05) is 42.0 Å². The first kappa shape index (κ1) is 19.9. The molecule has 2 aromatic carbocycles. The molecule has 1 aliphatic carbocycles. The van der Waals surface area contributed by atoms with Gasteiger partial charge in [0.1, 0.15) is 10.6 Å². The monoisotopic (exact) mass is 421 g/mol. The first-order valence-electron chi connectivity index (χ1n) is 9.90. The summed E-state index contributed by atoms with van der Waals surface area (Å²) in [5.41, 5.74) is 7.53. The molecule has 4 aromatic rings. The first-order chi connectivity index (χ1) is 13.7. The van der Waals surface area contributed by atoms with Gasteiger partial charge in [0.25, 0.3) is 0 Å². The van der Waals surface area contributed by atoms with Crippen LogP contribution in [0, 0.1) is 6.92 Å². The molecule has 1 aliphatic rings. The smallest absolute Gasteiger partial charge is 0.125 e. The molecule has 0 saturated heterocycles. The molecule has 0 fully saturated rings. The highest BCUT2D eigenvalue weighted by atomic mass is 35.5. The highest BCUT2D eigenvalue weighted by Gasteiger charge is 2.21. The first-order valence-corrected chi connectivity index (χ1v) is 10.7. The molecule has 29 heavy (non-hydrogen) atoms. The Morgan fingerprint density at radius 2 is 1.72 bits per heavy atom. The maximum Gasteiger partial charge on any atom is 0.125 e. The molecule has 148 valence electrons. The maximum absolute atomic E-state index is 5.44. The number of aromatic nitrogens is 1. The lowest BCUT2D eigenvalue weighted by Gasteiger charge is -2.14. The topological polar surface area (TPSA) is 22.1 Å². The minimum Gasteiger partial charge on any atom is -0.497 e. The van der Waals surface area contributed by atoms with Gasteiger partial charge < -0.3 is 4.74 Å². The van der Waals surface area contributed by atoms with Crippen LogP contribution >= 0.6 is 23.7 Å². The maximum atomic E-state index is 5.44. The number of fused-ring (bicyclic) bond motifs is 3. The van der Waals surface area contributed by atoms with Crippen molar-refractivity contribution in [3.63, 3.8) is 0 Å². The highest BCUT2D eigenvalue weighted by molar-refractivity contribution is 7.19. The van der Waals surface area contributed by atoms with Crippen molar-refractivity contribution in [2.75, 3.05) is 7.11 Å². The molecule has 0 unspecified atom stereocenters. The molecule has 0 aliphatic heterocycles. The van der Waals surface area contributed by atoms with Crippen molar-refractivity contribution in [2.24, 2.45) is 0 Å². The average Bonchev–Trinajstić information content (AvgIpc) is 3.11. The average molecular weight is 422 g/mol. The van der Waals surface area contributed by atoms with Crippen LogP contribution in [0.1, 0.15) is 28.8 Å². The Hall–Kier alpha value is -2.36. The molecule has 0 amide bonds. The predicted molar refractivity (Wildman–Crippen MR) is 126 cm³/mol. The van der Waals surface area contributed by atoms with E-state index in [2.05, 4.69) is 49.4 Å². The molecule has 5 rings (SSSR count). The number of aryl methyl sites for hydroxylation is 3. The fourth-order valence-corrected chi connectivity index (χ4v) is 5.52. The lowest BCUT2D eigenvalue weighted by atomic mass is 9.91. The molecule has 2 nitrogen and oxygen atoms in total. The molecule has 0 saturated carbocycles. The van der Waals surface area contributed by atoms with Crippen molar-refractivity contribution in [1.29, 1.82) is 0 Å². The van der Waals surface area contributed by atoms with Gasteiger partial charge in [0.2, 0.25) is 0 Å². The molecule has 0 N–H and O–H groups in total. The molecule has 0 bridgehead atoms. The van der Waals surface area contributed by atoms with E-state index in [1.165, 1.54) is 63.0 Å². The van der Waals surface area contributed by atoms with Crippen molar-refractivity contribution in [3.05, 3.63) is 70.6 Å². The third kappa shape index (κ3) is 3.65. The van der Waals surface area contributed by atoms with Crippen molar-refractivity contribution < 1.29 is 4.74 Å². The van der Waals surface area contributed by atoms with Crippen LogP contribution in [0.4, 0.5) is 0 Å². The Kier molecular flexibility index (Phi) is 5.62. The summed E-state index contributed by atoms with van der Waals surface area (Å²) in [4.78, 5) is 7.80. The Morgan fingerprint density at radius 3 is 2.55 bits per heavy atom. The second-order valence-electron chi connectivity index (χ2n) is 7.55. The van der Waals surface area contributed by atoms with Gasteiger partial charge in [-0.25, -0.2) is 4.98 Å². The minimum atomic E-state index is 0. The van der Waals surface area contributed by atoms with Crippen molar-refractivity contribution in [1.82, 2.24) is 4.98 Å². The molecule has 0 spiro atoms. The van der Waals surface area contributed by atoms with Crippen LogP contribution in [0.5, 0.6) is 5.75 Å². The van der Waals surface area contributed by atoms with Crippen LogP contribution in [-0.4, -0.2) is 12.1 Å². The number of nitrogens with zero attached hydrogens (tertiary/aromatic N) is 1. The van der Waals surface area contributed by atoms with Crippen molar-refractivity contribution >= 4 is 34.0 Å². The lowest BCUT2D eigenvalue weighted by molar-refractivity contribution is 0.415. The number of benzene rings is 2. The van der Waals surface area contributed by atoms with Gasteiger partial charge in [-0.2, -0.15) is 0 Å². The Bertz CT molecular complexity index is 1180. The standard InChI is InChI=1S/C25H23NOS.ClH/c1-16-7-5-8-17(13-16)21-15-22(18-9-6-10-19(14-18)27-2)26-25-24(21)20-11-3-4-12-23(20)28-25;/h5-10,13-15H,3-4,11-12H2,1-2H3;1H. The number of halogens is 1. The van der Waals surface area contributed by atoms with Gasteiger partial charge in [-0.3, -0.25) is 0 Å². The fourth-order valence-electron chi connectivity index (χ4n) is 4.23. The van der Waals surface area contributed by atoms with Crippen LogP contribution in [-0.2, 0) is 12.8 Å². The Labute approximate surface area is 182 Å². The third-order valence-corrected chi connectivity index (χ3v) is 6.81. The van der Waals surface area contributed by atoms with E-state index in [1.54, 1.807) is 7.11 Å². The van der Waals surface area contributed by atoms with E-state index in [4.69, 9.17) is 9.72 Å². The number of methoxy groups -OCH3 is 1. The van der Waals surface area contributed by atoms with E-state index >= 15 is 0 Å². The fraction of sp³-hybridized carbons (Fsp3) is 0.240. The van der Waals surface area contributed by atoms with Crippen LogP contribution in [0.15, 0.2) is 54.6 Å². The molecule has 0 radical (unpaired) electrons. The molecule has 2 aromatic heterocycles. The quantitative estimate of drug-likeness (QED) is 0.347. The Morgan fingerprint density at radius 1 is 0.931 bits per heavy atom. The number of hydrogen-bond acceptors (Lipinski definition) is 3. The van der Waals surface area contributed by atoms with Gasteiger partial charge >= 0.3 is 0 Å². The van der Waals surface area contributed by atoms with E-state index in [0.717, 1.165) is 17.0 Å². The Balaban J connectivity index is 0.00000205. The van der Waals surface area contributed by atoms with Gasteiger partial charge in [0.05, 0.1) is 12.8 Å². The molecular formula is C25H24ClNOS. The van der Waals surface area contributed by atoms with Crippen LogP contribution in [0.3, 0.4) is 0 Å².